The summed E-state index contributed by atoms with van der Waals surface area (Å²) in [5, 5.41) is 4.96. The summed E-state index contributed by atoms with van der Waals surface area (Å²) in [7, 11) is 0. The average molecular weight is 421 g/mol. The molecule has 1 unspecified atom stereocenters. The van der Waals surface area contributed by atoms with E-state index < -0.39 is 47.5 Å². The van der Waals surface area contributed by atoms with Crippen LogP contribution < -0.4 is 10.6 Å². The first-order valence-electron chi connectivity index (χ1n) is 9.76. The molecule has 1 aromatic carbocycles. The summed E-state index contributed by atoms with van der Waals surface area (Å²) in [5.41, 5.74) is -0.515. The Kier molecular flexibility index (Phi) is 9.01. The summed E-state index contributed by atoms with van der Waals surface area (Å²) >= 11 is 0. The number of esters is 1. The molecule has 0 heterocycles. The third-order valence-electron chi connectivity index (χ3n) is 3.98. The highest BCUT2D eigenvalue weighted by molar-refractivity contribution is 5.91. The number of carbonyl (C=O) groups excluding carboxylic acids is 4. The second-order valence-electron chi connectivity index (χ2n) is 9.04. The van der Waals surface area contributed by atoms with E-state index in [2.05, 4.69) is 10.6 Å². The Bertz CT molecular complexity index is 734. The van der Waals surface area contributed by atoms with Gasteiger partial charge in [-0.2, -0.15) is 0 Å². The molecule has 1 aromatic rings. The van der Waals surface area contributed by atoms with Crippen LogP contribution in [0.5, 0.6) is 0 Å². The molecule has 2 amide bonds. The zero-order valence-electron chi connectivity index (χ0n) is 18.5. The van der Waals surface area contributed by atoms with Crippen LogP contribution >= 0.6 is 0 Å². The number of hydrogen-bond acceptors (Lipinski definition) is 6. The van der Waals surface area contributed by atoms with E-state index >= 15 is 0 Å². The van der Waals surface area contributed by atoms with Gasteiger partial charge in [0, 0.05) is 0 Å². The summed E-state index contributed by atoms with van der Waals surface area (Å²) in [6, 6.07) is 6.97. The smallest absolute Gasteiger partial charge is 0.408 e. The van der Waals surface area contributed by atoms with Gasteiger partial charge in [-0.25, -0.2) is 4.79 Å². The van der Waals surface area contributed by atoms with Crippen LogP contribution in [0.2, 0.25) is 0 Å². The predicted octanol–water partition coefficient (Wildman–Crippen LogP) is 2.74. The summed E-state index contributed by atoms with van der Waals surface area (Å²) in [6.45, 7) is 10.5. The van der Waals surface area contributed by atoms with Crippen LogP contribution in [0.4, 0.5) is 4.79 Å². The van der Waals surface area contributed by atoms with E-state index in [1.54, 1.807) is 65.8 Å². The van der Waals surface area contributed by atoms with Crippen molar-refractivity contribution < 1.29 is 28.7 Å². The summed E-state index contributed by atoms with van der Waals surface area (Å²) in [6.07, 6.45) is -0.643. The van der Waals surface area contributed by atoms with Crippen molar-refractivity contribution in [3.8, 4) is 0 Å². The van der Waals surface area contributed by atoms with Crippen molar-refractivity contribution in [3.63, 3.8) is 0 Å². The Labute approximate surface area is 177 Å². The third-order valence-corrected chi connectivity index (χ3v) is 3.98. The van der Waals surface area contributed by atoms with Crippen LogP contribution in [-0.2, 0) is 30.5 Å². The zero-order valence-corrected chi connectivity index (χ0v) is 18.5. The average Bonchev–Trinajstić information content (AvgIpc) is 2.62. The minimum atomic E-state index is -1.26. The summed E-state index contributed by atoms with van der Waals surface area (Å²) in [4.78, 5) is 48.5. The highest BCUT2D eigenvalue weighted by atomic mass is 16.6. The van der Waals surface area contributed by atoms with Crippen LogP contribution in [0, 0.1) is 5.41 Å². The van der Waals surface area contributed by atoms with Gasteiger partial charge in [0.1, 0.15) is 24.5 Å². The van der Waals surface area contributed by atoms with E-state index in [1.165, 1.54) is 0 Å². The second-order valence-corrected chi connectivity index (χ2v) is 9.04. The first-order valence-corrected chi connectivity index (χ1v) is 9.76. The molecular weight excluding hydrogens is 388 g/mol. The van der Waals surface area contributed by atoms with Gasteiger partial charge in [-0.1, -0.05) is 51.1 Å². The molecule has 0 aliphatic rings. The maximum atomic E-state index is 12.7. The van der Waals surface area contributed by atoms with Gasteiger partial charge in [0.2, 0.25) is 5.91 Å². The van der Waals surface area contributed by atoms with E-state index in [0.29, 0.717) is 6.29 Å². The Morgan fingerprint density at radius 3 is 2.10 bits per heavy atom. The molecule has 0 saturated heterocycles. The first-order chi connectivity index (χ1) is 13.8. The van der Waals surface area contributed by atoms with E-state index in [-0.39, 0.29) is 6.61 Å². The highest BCUT2D eigenvalue weighted by Crippen LogP contribution is 2.18. The van der Waals surface area contributed by atoms with Gasteiger partial charge < -0.3 is 24.9 Å². The highest BCUT2D eigenvalue weighted by Gasteiger charge is 2.32. The Morgan fingerprint density at radius 1 is 1.00 bits per heavy atom. The molecule has 0 aliphatic heterocycles. The number of hydrogen-bond donors (Lipinski definition) is 2. The normalized spacial score (nSPS) is 13.5. The van der Waals surface area contributed by atoms with E-state index in [4.69, 9.17) is 9.47 Å². The minimum absolute atomic E-state index is 0.00635. The van der Waals surface area contributed by atoms with Crippen LogP contribution in [0.15, 0.2) is 30.3 Å². The number of rotatable bonds is 8. The van der Waals surface area contributed by atoms with Crippen molar-refractivity contribution in [2.75, 3.05) is 0 Å². The van der Waals surface area contributed by atoms with Gasteiger partial charge in [0.25, 0.3) is 0 Å². The molecule has 1 rings (SSSR count). The molecule has 2 atom stereocenters. The van der Waals surface area contributed by atoms with Crippen molar-refractivity contribution in [1.29, 1.82) is 0 Å². The monoisotopic (exact) mass is 420 g/mol. The topological polar surface area (TPSA) is 111 Å². The van der Waals surface area contributed by atoms with Gasteiger partial charge in [0.15, 0.2) is 0 Å². The van der Waals surface area contributed by atoms with E-state index in [0.717, 1.165) is 5.56 Å². The van der Waals surface area contributed by atoms with Crippen molar-refractivity contribution in [2.45, 2.75) is 72.3 Å². The molecule has 0 aromatic heterocycles. The lowest BCUT2D eigenvalue weighted by Gasteiger charge is -2.29. The fraction of sp³-hybridized carbons (Fsp3) is 0.545. The Balaban J connectivity index is 2.85. The quantitative estimate of drug-likeness (QED) is 0.494. The predicted molar refractivity (Wildman–Crippen MR) is 111 cm³/mol. The lowest BCUT2D eigenvalue weighted by Crippen LogP contribution is -2.54. The minimum Gasteiger partial charge on any atom is -0.460 e. The zero-order chi connectivity index (χ0) is 22.9. The van der Waals surface area contributed by atoms with Crippen LogP contribution in [0.25, 0.3) is 0 Å². The molecule has 166 valence electrons. The molecule has 8 heteroatoms. The molecule has 0 saturated carbocycles. The molecule has 2 N–H and O–H groups in total. The number of amides is 2. The Hall–Kier alpha value is -2.90. The number of nitrogens with one attached hydrogen (secondary N) is 2. The van der Waals surface area contributed by atoms with Gasteiger partial charge in [0.05, 0.1) is 12.5 Å². The van der Waals surface area contributed by atoms with Crippen molar-refractivity contribution >= 4 is 24.3 Å². The number of carbonyl (C=O) groups is 4. The number of benzene rings is 1. The maximum absolute atomic E-state index is 12.7. The molecule has 0 fully saturated rings. The van der Waals surface area contributed by atoms with E-state index in [9.17, 15) is 19.2 Å². The number of alkyl carbamates (subject to hydrolysis) is 1. The van der Waals surface area contributed by atoms with Crippen LogP contribution in [0.1, 0.15) is 53.5 Å². The fourth-order valence-corrected chi connectivity index (χ4v) is 2.37. The third kappa shape index (κ3) is 9.54. The van der Waals surface area contributed by atoms with Crippen LogP contribution in [0.3, 0.4) is 0 Å². The standard InChI is InChI=1S/C22H32N2O6/c1-21(2,3)17(13-25)24-19(27)16(12-18(26)30-22(4,5)6)23-20(28)29-14-15-10-8-7-9-11-15/h7-11,13,16-17H,12,14H2,1-6H3,(H,23,28)(H,24,27)/t16-,17?/m0/s1. The molecule has 0 radical (unpaired) electrons. The van der Waals surface area contributed by atoms with Crippen molar-refractivity contribution in [3.05, 3.63) is 35.9 Å². The largest absolute Gasteiger partial charge is 0.460 e. The number of aldehydes is 1. The second kappa shape index (κ2) is 10.8. The molecule has 30 heavy (non-hydrogen) atoms. The van der Waals surface area contributed by atoms with Crippen molar-refractivity contribution in [1.82, 2.24) is 10.6 Å². The number of ether oxygens (including phenoxy) is 2. The molecule has 0 spiro atoms. The summed E-state index contributed by atoms with van der Waals surface area (Å²) < 4.78 is 10.4. The lowest BCUT2D eigenvalue weighted by atomic mass is 9.87. The summed E-state index contributed by atoms with van der Waals surface area (Å²) in [5.74, 6) is -1.34. The van der Waals surface area contributed by atoms with Gasteiger partial charge in [-0.15, -0.1) is 0 Å². The molecule has 8 nitrogen and oxygen atoms in total. The molecule has 0 bridgehead atoms. The Morgan fingerprint density at radius 2 is 1.60 bits per heavy atom. The fourth-order valence-electron chi connectivity index (χ4n) is 2.37. The van der Waals surface area contributed by atoms with Gasteiger partial charge in [-0.05, 0) is 31.7 Å². The van der Waals surface area contributed by atoms with Crippen molar-refractivity contribution in [2.24, 2.45) is 5.41 Å². The molecule has 0 aliphatic carbocycles. The van der Waals surface area contributed by atoms with E-state index in [1.807, 2.05) is 6.07 Å². The lowest BCUT2D eigenvalue weighted by molar-refractivity contribution is -0.156. The van der Waals surface area contributed by atoms with Gasteiger partial charge in [-0.3, -0.25) is 9.59 Å². The SMILES string of the molecule is CC(C)(C)OC(=O)C[C@H](NC(=O)OCc1ccccc1)C(=O)NC(C=O)C(C)(C)C. The first kappa shape index (κ1) is 25.1. The van der Waals surface area contributed by atoms with Crippen LogP contribution in [-0.4, -0.2) is 41.9 Å². The molecular formula is C22H32N2O6. The van der Waals surface area contributed by atoms with Gasteiger partial charge >= 0.3 is 12.1 Å². The maximum Gasteiger partial charge on any atom is 0.408 e.